The van der Waals surface area contributed by atoms with Crippen LogP contribution >= 0.6 is 0 Å². The Labute approximate surface area is 161 Å². The number of anilines is 3. The zero-order valence-electron chi connectivity index (χ0n) is 15.8. The van der Waals surface area contributed by atoms with Crippen molar-refractivity contribution in [3.63, 3.8) is 0 Å². The molecule has 1 heterocycles. The fraction of sp³-hybridized carbons (Fsp3) is 0.421. The van der Waals surface area contributed by atoms with Gasteiger partial charge in [-0.3, -0.25) is 4.79 Å². The number of primary amides is 1. The zero-order chi connectivity index (χ0) is 20.5. The summed E-state index contributed by atoms with van der Waals surface area (Å²) in [5.74, 6) is -3.28. The molecule has 1 aromatic heterocycles. The molecule has 0 aliphatic heterocycles. The average Bonchev–Trinajstić information content (AvgIpc) is 2.62. The average molecular weight is 390 g/mol. The molecule has 0 spiro atoms. The number of halogens is 2. The second-order valence-corrected chi connectivity index (χ2v) is 7.17. The Bertz CT molecular complexity index is 889. The summed E-state index contributed by atoms with van der Waals surface area (Å²) in [5.41, 5.74) is 14.0. The van der Waals surface area contributed by atoms with Crippen LogP contribution in [-0.4, -0.2) is 33.9 Å². The Balaban J connectivity index is 1.87. The smallest absolute Gasteiger partial charge is 0.271 e. The van der Waals surface area contributed by atoms with E-state index in [1.165, 1.54) is 6.20 Å². The molecular formula is C19H24F2N6O. The monoisotopic (exact) mass is 390 g/mol. The third kappa shape index (κ3) is 4.19. The number of aromatic nitrogens is 2. The molecule has 3 rings (SSSR count). The van der Waals surface area contributed by atoms with Crippen molar-refractivity contribution in [2.75, 3.05) is 10.6 Å². The van der Waals surface area contributed by atoms with Crippen molar-refractivity contribution in [3.05, 3.63) is 41.2 Å². The van der Waals surface area contributed by atoms with Gasteiger partial charge in [0, 0.05) is 18.2 Å². The molecule has 0 radical (unpaired) electrons. The Kier molecular flexibility index (Phi) is 5.46. The minimum absolute atomic E-state index is 0.0398. The maximum atomic E-state index is 13.9. The number of carbonyl (C=O) groups excluding carboxylic acids is 1. The number of nitrogens with two attached hydrogens (primary N) is 2. The number of alkyl halides is 2. The summed E-state index contributed by atoms with van der Waals surface area (Å²) in [6, 6.07) is 3.70. The van der Waals surface area contributed by atoms with E-state index in [4.69, 9.17) is 11.5 Å². The highest BCUT2D eigenvalue weighted by atomic mass is 19.3. The minimum atomic E-state index is -2.93. The second kappa shape index (κ2) is 7.67. The molecule has 2 aromatic rings. The SMILES string of the molecule is Cc1ccc(Nc2nc(N[C@@H]3CCCC(F)(F)[C@@H]3N)cnc2C(N)=O)cc1C. The highest BCUT2D eigenvalue weighted by Crippen LogP contribution is 2.33. The number of benzene rings is 1. The van der Waals surface area contributed by atoms with Gasteiger partial charge in [0.2, 0.25) is 0 Å². The highest BCUT2D eigenvalue weighted by molar-refractivity contribution is 5.96. The van der Waals surface area contributed by atoms with Crippen molar-refractivity contribution in [1.29, 1.82) is 0 Å². The van der Waals surface area contributed by atoms with Gasteiger partial charge in [0.15, 0.2) is 11.5 Å². The number of rotatable bonds is 5. The largest absolute Gasteiger partial charge is 0.364 e. The quantitative estimate of drug-likeness (QED) is 0.623. The second-order valence-electron chi connectivity index (χ2n) is 7.17. The minimum Gasteiger partial charge on any atom is -0.364 e. The summed E-state index contributed by atoms with van der Waals surface area (Å²) in [5, 5.41) is 5.96. The first-order chi connectivity index (χ1) is 13.2. The summed E-state index contributed by atoms with van der Waals surface area (Å²) in [6.45, 7) is 3.95. The third-order valence-electron chi connectivity index (χ3n) is 5.06. The van der Waals surface area contributed by atoms with Crippen LogP contribution in [-0.2, 0) is 0 Å². The summed E-state index contributed by atoms with van der Waals surface area (Å²) in [7, 11) is 0. The van der Waals surface area contributed by atoms with Crippen LogP contribution in [0.4, 0.5) is 26.1 Å². The molecule has 9 heteroatoms. The summed E-state index contributed by atoms with van der Waals surface area (Å²) in [6.07, 6.45) is 1.93. The molecule has 6 N–H and O–H groups in total. The number of hydrogen-bond acceptors (Lipinski definition) is 6. The Morgan fingerprint density at radius 2 is 2.04 bits per heavy atom. The van der Waals surface area contributed by atoms with Gasteiger partial charge in [0.05, 0.1) is 12.2 Å². The lowest BCUT2D eigenvalue weighted by Crippen LogP contribution is -2.55. The molecular weight excluding hydrogens is 366 g/mol. The van der Waals surface area contributed by atoms with E-state index in [9.17, 15) is 13.6 Å². The predicted molar refractivity (Wildman–Crippen MR) is 104 cm³/mol. The topological polar surface area (TPSA) is 119 Å². The molecule has 150 valence electrons. The van der Waals surface area contributed by atoms with Gasteiger partial charge in [-0.05, 0) is 49.9 Å². The van der Waals surface area contributed by atoms with Crippen LogP contribution in [0.3, 0.4) is 0 Å². The van der Waals surface area contributed by atoms with Crippen LogP contribution in [0, 0.1) is 13.8 Å². The molecule has 7 nitrogen and oxygen atoms in total. The summed E-state index contributed by atoms with van der Waals surface area (Å²) < 4.78 is 27.8. The van der Waals surface area contributed by atoms with Gasteiger partial charge >= 0.3 is 0 Å². The van der Waals surface area contributed by atoms with Crippen molar-refractivity contribution in [2.24, 2.45) is 11.5 Å². The van der Waals surface area contributed by atoms with Gasteiger partial charge in [-0.2, -0.15) is 0 Å². The van der Waals surface area contributed by atoms with Gasteiger partial charge in [-0.15, -0.1) is 0 Å². The van der Waals surface area contributed by atoms with E-state index in [0.717, 1.165) is 11.1 Å². The van der Waals surface area contributed by atoms with Crippen molar-refractivity contribution in [2.45, 2.75) is 51.1 Å². The van der Waals surface area contributed by atoms with Crippen molar-refractivity contribution in [1.82, 2.24) is 9.97 Å². The molecule has 1 fully saturated rings. The van der Waals surface area contributed by atoms with Gasteiger partial charge in [0.25, 0.3) is 11.8 Å². The lowest BCUT2D eigenvalue weighted by Gasteiger charge is -2.36. The number of amides is 1. The van der Waals surface area contributed by atoms with Crippen LogP contribution in [0.2, 0.25) is 0 Å². The molecule has 0 bridgehead atoms. The number of carbonyl (C=O) groups is 1. The van der Waals surface area contributed by atoms with Gasteiger partial charge in [-0.1, -0.05) is 6.07 Å². The lowest BCUT2D eigenvalue weighted by molar-refractivity contribution is -0.0554. The van der Waals surface area contributed by atoms with E-state index in [0.29, 0.717) is 18.5 Å². The molecule has 1 saturated carbocycles. The maximum Gasteiger partial charge on any atom is 0.271 e. The summed E-state index contributed by atoms with van der Waals surface area (Å²) >= 11 is 0. The van der Waals surface area contributed by atoms with Crippen LogP contribution in [0.25, 0.3) is 0 Å². The van der Waals surface area contributed by atoms with Gasteiger partial charge in [0.1, 0.15) is 5.82 Å². The molecule has 0 unspecified atom stereocenters. The van der Waals surface area contributed by atoms with Crippen LogP contribution < -0.4 is 22.1 Å². The van der Waals surface area contributed by atoms with Gasteiger partial charge < -0.3 is 22.1 Å². The van der Waals surface area contributed by atoms with Gasteiger partial charge in [-0.25, -0.2) is 18.7 Å². The molecule has 1 amide bonds. The van der Waals surface area contributed by atoms with E-state index in [2.05, 4.69) is 20.6 Å². The molecule has 28 heavy (non-hydrogen) atoms. The molecule has 1 aromatic carbocycles. The first-order valence-corrected chi connectivity index (χ1v) is 9.08. The first-order valence-electron chi connectivity index (χ1n) is 9.08. The van der Waals surface area contributed by atoms with Crippen molar-refractivity contribution >= 4 is 23.2 Å². The predicted octanol–water partition coefficient (Wildman–Crippen LogP) is 2.86. The number of aryl methyl sites for hydroxylation is 2. The van der Waals surface area contributed by atoms with E-state index in [1.807, 2.05) is 32.0 Å². The fourth-order valence-corrected chi connectivity index (χ4v) is 3.23. The molecule has 1 aliphatic carbocycles. The Hall–Kier alpha value is -2.81. The van der Waals surface area contributed by atoms with Crippen molar-refractivity contribution in [3.8, 4) is 0 Å². The maximum absolute atomic E-state index is 13.9. The Morgan fingerprint density at radius 1 is 1.29 bits per heavy atom. The van der Waals surface area contributed by atoms with Crippen molar-refractivity contribution < 1.29 is 13.6 Å². The Morgan fingerprint density at radius 3 is 2.71 bits per heavy atom. The van der Waals surface area contributed by atoms with Crippen LogP contribution in [0.5, 0.6) is 0 Å². The normalized spacial score (nSPS) is 21.2. The van der Waals surface area contributed by atoms with Crippen LogP contribution in [0.1, 0.15) is 40.9 Å². The summed E-state index contributed by atoms with van der Waals surface area (Å²) in [4.78, 5) is 20.1. The van der Waals surface area contributed by atoms with Crippen LogP contribution in [0.15, 0.2) is 24.4 Å². The standard InChI is InChI=1S/C19H24F2N6O/c1-10-5-6-12(8-11(10)2)25-18-15(17(23)28)24-9-14(27-18)26-13-4-3-7-19(20,21)16(13)22/h5-6,8-9,13,16H,3-4,7,22H2,1-2H3,(H2,23,28)(H2,25,26,27)/t13-,16-/m1/s1. The lowest BCUT2D eigenvalue weighted by atomic mass is 9.87. The third-order valence-corrected chi connectivity index (χ3v) is 5.06. The fourth-order valence-electron chi connectivity index (χ4n) is 3.23. The van der Waals surface area contributed by atoms with E-state index >= 15 is 0 Å². The van der Waals surface area contributed by atoms with E-state index in [-0.39, 0.29) is 23.8 Å². The molecule has 0 saturated heterocycles. The highest BCUT2D eigenvalue weighted by Gasteiger charge is 2.44. The number of nitrogens with zero attached hydrogens (tertiary/aromatic N) is 2. The molecule has 2 atom stereocenters. The number of hydrogen-bond donors (Lipinski definition) is 4. The van der Waals surface area contributed by atoms with E-state index < -0.39 is 23.9 Å². The zero-order valence-corrected chi connectivity index (χ0v) is 15.8. The van der Waals surface area contributed by atoms with E-state index in [1.54, 1.807) is 0 Å². The molecule has 1 aliphatic rings. The number of nitrogens with one attached hydrogen (secondary N) is 2. The first kappa shape index (κ1) is 19.9.